The van der Waals surface area contributed by atoms with Crippen molar-refractivity contribution in [1.29, 1.82) is 0 Å². The summed E-state index contributed by atoms with van der Waals surface area (Å²) in [5, 5.41) is 8.76. The highest BCUT2D eigenvalue weighted by atomic mass is 16.5. The van der Waals surface area contributed by atoms with E-state index in [1.165, 1.54) is 11.1 Å². The van der Waals surface area contributed by atoms with E-state index in [-0.39, 0.29) is 0 Å². The van der Waals surface area contributed by atoms with E-state index in [0.29, 0.717) is 0 Å². The highest BCUT2D eigenvalue weighted by Crippen LogP contribution is 2.36. The lowest BCUT2D eigenvalue weighted by atomic mass is 9.88. The second kappa shape index (κ2) is 8.95. The maximum Gasteiger partial charge on any atom is 0.118 e. The van der Waals surface area contributed by atoms with Crippen molar-refractivity contribution in [2.75, 3.05) is 14.2 Å². The molecule has 0 spiro atoms. The number of methoxy groups -OCH3 is 2. The quantitative estimate of drug-likeness (QED) is 0.498. The largest absolute Gasteiger partial charge is 0.497 e. The monoisotopic (exact) mass is 398 g/mol. The van der Waals surface area contributed by atoms with Crippen LogP contribution in [-0.2, 0) is 6.42 Å². The van der Waals surface area contributed by atoms with Crippen LogP contribution in [0.5, 0.6) is 11.5 Å². The van der Waals surface area contributed by atoms with Gasteiger partial charge in [-0.1, -0.05) is 37.6 Å². The van der Waals surface area contributed by atoms with E-state index in [1.54, 1.807) is 14.2 Å². The molecule has 4 nitrogen and oxygen atoms in total. The molecule has 3 aromatic carbocycles. The molecule has 0 unspecified atom stereocenters. The van der Waals surface area contributed by atoms with E-state index in [0.717, 1.165) is 58.7 Å². The topological polar surface area (TPSA) is 43.2 Å². The van der Waals surface area contributed by atoms with Crippen LogP contribution < -0.4 is 9.47 Å². The summed E-state index contributed by atoms with van der Waals surface area (Å²) in [5.74, 6) is 1.70. The number of rotatable bonds is 6. The van der Waals surface area contributed by atoms with Gasteiger partial charge >= 0.3 is 0 Å². The molecule has 4 rings (SSSR count). The van der Waals surface area contributed by atoms with Gasteiger partial charge in [0.15, 0.2) is 0 Å². The molecule has 0 aromatic heterocycles. The summed E-state index contributed by atoms with van der Waals surface area (Å²) in [4.78, 5) is 0. The Morgan fingerprint density at radius 3 is 1.90 bits per heavy atom. The molecule has 0 radical (unpaired) electrons. The first-order valence-electron chi connectivity index (χ1n) is 10.3. The number of benzene rings is 3. The number of hydrogen-bond acceptors (Lipinski definition) is 4. The maximum absolute atomic E-state index is 5.35. The molecule has 1 aliphatic rings. The molecule has 0 amide bonds. The highest BCUT2D eigenvalue weighted by molar-refractivity contribution is 5.96. The third-order valence-electron chi connectivity index (χ3n) is 5.41. The SMILES string of the molecule is CCCC1=NN=Cc2cc(-c3ccc(OC)cc3)c(-c3ccc(OC)cc3)cc2C1. The Labute approximate surface area is 177 Å². The van der Waals surface area contributed by atoms with Gasteiger partial charge in [-0.2, -0.15) is 10.2 Å². The molecule has 3 aromatic rings. The summed E-state index contributed by atoms with van der Waals surface area (Å²) in [7, 11) is 3.37. The minimum absolute atomic E-state index is 0.829. The molecule has 1 heterocycles. The second-order valence-electron chi connectivity index (χ2n) is 7.39. The maximum atomic E-state index is 5.35. The van der Waals surface area contributed by atoms with E-state index in [9.17, 15) is 0 Å². The van der Waals surface area contributed by atoms with Gasteiger partial charge in [0, 0.05) is 12.1 Å². The van der Waals surface area contributed by atoms with Crippen LogP contribution in [-0.4, -0.2) is 26.1 Å². The summed E-state index contributed by atoms with van der Waals surface area (Å²) in [5.41, 5.74) is 8.14. The van der Waals surface area contributed by atoms with Crippen LogP contribution in [0.1, 0.15) is 30.9 Å². The Bertz CT molecular complexity index is 1080. The van der Waals surface area contributed by atoms with Gasteiger partial charge in [-0.3, -0.25) is 0 Å². The number of hydrogen-bond donors (Lipinski definition) is 0. The smallest absolute Gasteiger partial charge is 0.118 e. The zero-order valence-corrected chi connectivity index (χ0v) is 17.7. The van der Waals surface area contributed by atoms with Crippen LogP contribution in [0.2, 0.25) is 0 Å². The van der Waals surface area contributed by atoms with E-state index in [2.05, 4.69) is 53.5 Å². The molecule has 0 atom stereocenters. The standard InChI is InChI=1S/C26H26N2O2/c1-4-5-22-14-20-15-25(18-6-10-23(29-2)11-7-18)26(16-21(20)17-27-28-22)19-8-12-24(30-3)13-9-19/h6-13,15-17H,4-5,14H2,1-3H3. The third kappa shape index (κ3) is 4.13. The molecule has 0 fully saturated rings. The molecule has 0 aliphatic carbocycles. The van der Waals surface area contributed by atoms with Gasteiger partial charge < -0.3 is 9.47 Å². The van der Waals surface area contributed by atoms with Crippen molar-refractivity contribution in [2.45, 2.75) is 26.2 Å². The molecule has 0 saturated heterocycles. The van der Waals surface area contributed by atoms with Crippen LogP contribution in [0, 0.1) is 0 Å². The van der Waals surface area contributed by atoms with Gasteiger partial charge in [-0.15, -0.1) is 0 Å². The van der Waals surface area contributed by atoms with Crippen molar-refractivity contribution in [3.63, 3.8) is 0 Å². The average molecular weight is 399 g/mol. The van der Waals surface area contributed by atoms with Gasteiger partial charge in [0.2, 0.25) is 0 Å². The first-order valence-corrected chi connectivity index (χ1v) is 10.3. The summed E-state index contributed by atoms with van der Waals surface area (Å²) >= 11 is 0. The van der Waals surface area contributed by atoms with E-state index in [1.807, 2.05) is 30.5 Å². The number of ether oxygens (including phenoxy) is 2. The average Bonchev–Trinajstić information content (AvgIpc) is 3.00. The molecule has 0 N–H and O–H groups in total. The molecule has 4 heteroatoms. The highest BCUT2D eigenvalue weighted by Gasteiger charge is 2.16. The molecule has 30 heavy (non-hydrogen) atoms. The van der Waals surface area contributed by atoms with Crippen molar-refractivity contribution in [2.24, 2.45) is 10.2 Å². The zero-order chi connectivity index (χ0) is 20.9. The molecule has 1 aliphatic heterocycles. The Morgan fingerprint density at radius 1 is 0.800 bits per heavy atom. The zero-order valence-electron chi connectivity index (χ0n) is 17.7. The number of nitrogens with zero attached hydrogens (tertiary/aromatic N) is 2. The van der Waals surface area contributed by atoms with Gasteiger partial charge in [-0.05, 0) is 76.2 Å². The van der Waals surface area contributed by atoms with E-state index >= 15 is 0 Å². The minimum atomic E-state index is 0.829. The summed E-state index contributed by atoms with van der Waals surface area (Å²) in [6.45, 7) is 2.17. The third-order valence-corrected chi connectivity index (χ3v) is 5.41. The van der Waals surface area contributed by atoms with Crippen LogP contribution in [0.15, 0.2) is 70.9 Å². The Kier molecular flexibility index (Phi) is 5.94. The molecular formula is C26H26N2O2. The fraction of sp³-hybridized carbons (Fsp3) is 0.231. The van der Waals surface area contributed by atoms with Gasteiger partial charge in [-0.25, -0.2) is 0 Å². The van der Waals surface area contributed by atoms with Crippen LogP contribution in [0.4, 0.5) is 0 Å². The summed E-state index contributed by atoms with van der Waals surface area (Å²) < 4.78 is 10.7. The fourth-order valence-electron chi connectivity index (χ4n) is 3.81. The van der Waals surface area contributed by atoms with Crippen molar-refractivity contribution < 1.29 is 9.47 Å². The normalized spacial score (nSPS) is 12.7. The molecule has 0 saturated carbocycles. The van der Waals surface area contributed by atoms with Crippen molar-refractivity contribution >= 4 is 11.9 Å². The van der Waals surface area contributed by atoms with Crippen LogP contribution >= 0.6 is 0 Å². The van der Waals surface area contributed by atoms with Crippen LogP contribution in [0.25, 0.3) is 22.3 Å². The molecule has 0 bridgehead atoms. The Morgan fingerprint density at radius 2 is 1.37 bits per heavy atom. The van der Waals surface area contributed by atoms with E-state index < -0.39 is 0 Å². The minimum Gasteiger partial charge on any atom is -0.497 e. The predicted octanol–water partition coefficient (Wildman–Crippen LogP) is 6.17. The first kappa shape index (κ1) is 19.9. The molecule has 152 valence electrons. The second-order valence-corrected chi connectivity index (χ2v) is 7.39. The lowest BCUT2D eigenvalue weighted by Crippen LogP contribution is -2.04. The molecular weight excluding hydrogens is 372 g/mol. The lowest BCUT2D eigenvalue weighted by Gasteiger charge is -2.16. The van der Waals surface area contributed by atoms with Gasteiger partial charge in [0.1, 0.15) is 11.5 Å². The van der Waals surface area contributed by atoms with Gasteiger partial charge in [0.05, 0.1) is 20.4 Å². The van der Waals surface area contributed by atoms with Crippen LogP contribution in [0.3, 0.4) is 0 Å². The van der Waals surface area contributed by atoms with Crippen molar-refractivity contribution in [3.8, 4) is 33.8 Å². The van der Waals surface area contributed by atoms with Crippen molar-refractivity contribution in [1.82, 2.24) is 0 Å². The van der Waals surface area contributed by atoms with Crippen molar-refractivity contribution in [3.05, 3.63) is 71.8 Å². The summed E-state index contributed by atoms with van der Waals surface area (Å²) in [6.07, 6.45) is 4.74. The number of fused-ring (bicyclic) bond motifs is 1. The first-order chi connectivity index (χ1) is 14.7. The lowest BCUT2D eigenvalue weighted by molar-refractivity contribution is 0.414. The predicted molar refractivity (Wildman–Crippen MR) is 124 cm³/mol. The van der Waals surface area contributed by atoms with E-state index in [4.69, 9.17) is 9.47 Å². The fourth-order valence-corrected chi connectivity index (χ4v) is 3.81. The Balaban J connectivity index is 1.86. The van der Waals surface area contributed by atoms with Gasteiger partial charge in [0.25, 0.3) is 0 Å². The Hall–Kier alpha value is -3.40. The summed E-state index contributed by atoms with van der Waals surface area (Å²) in [6, 6.07) is 20.9.